The van der Waals surface area contributed by atoms with Gasteiger partial charge in [0.05, 0.1) is 14.2 Å². The lowest BCUT2D eigenvalue weighted by atomic mass is 9.87. The zero-order valence-corrected chi connectivity index (χ0v) is 14.1. The maximum atomic E-state index is 12.2. The van der Waals surface area contributed by atoms with E-state index in [2.05, 4.69) is 9.72 Å². The maximum Gasteiger partial charge on any atom is 0.374 e. The number of carbonyl (C=O) groups excluding carboxylic acids is 2. The first-order valence-corrected chi connectivity index (χ1v) is 7.95. The van der Waals surface area contributed by atoms with E-state index in [9.17, 15) is 9.59 Å². The molecule has 1 atom stereocenters. The minimum absolute atomic E-state index is 0.0425. The zero-order chi connectivity index (χ0) is 17.8. The van der Waals surface area contributed by atoms with E-state index in [1.165, 1.54) is 7.11 Å². The molecule has 0 aliphatic rings. The van der Waals surface area contributed by atoms with Crippen molar-refractivity contribution in [2.45, 2.75) is 12.3 Å². The Hall–Kier alpha value is -3.08. The Balaban J connectivity index is 2.08. The minimum Gasteiger partial charge on any atom is -0.497 e. The van der Waals surface area contributed by atoms with Gasteiger partial charge in [0.25, 0.3) is 0 Å². The molecular formula is C20H19NO4. The Kier molecular flexibility index (Phi) is 4.84. The molecule has 0 aliphatic carbocycles. The number of ketones is 1. The van der Waals surface area contributed by atoms with E-state index in [0.717, 1.165) is 27.8 Å². The smallest absolute Gasteiger partial charge is 0.374 e. The van der Waals surface area contributed by atoms with Gasteiger partial charge in [-0.15, -0.1) is 0 Å². The number of esters is 1. The van der Waals surface area contributed by atoms with E-state index in [1.807, 2.05) is 54.7 Å². The molecule has 0 bridgehead atoms. The van der Waals surface area contributed by atoms with Gasteiger partial charge in [-0.3, -0.25) is 4.79 Å². The number of benzene rings is 2. The second kappa shape index (κ2) is 7.21. The lowest BCUT2D eigenvalue weighted by Crippen LogP contribution is -2.19. The second-order valence-corrected chi connectivity index (χ2v) is 5.74. The third-order valence-electron chi connectivity index (χ3n) is 4.30. The fourth-order valence-corrected chi connectivity index (χ4v) is 3.01. The largest absolute Gasteiger partial charge is 0.497 e. The van der Waals surface area contributed by atoms with Crippen molar-refractivity contribution in [1.82, 2.24) is 4.98 Å². The van der Waals surface area contributed by atoms with Crippen LogP contribution in [0.3, 0.4) is 0 Å². The van der Waals surface area contributed by atoms with Gasteiger partial charge in [0, 0.05) is 29.4 Å². The van der Waals surface area contributed by atoms with Crippen LogP contribution in [-0.2, 0) is 14.3 Å². The maximum absolute atomic E-state index is 12.2. The van der Waals surface area contributed by atoms with Gasteiger partial charge in [-0.25, -0.2) is 4.79 Å². The summed E-state index contributed by atoms with van der Waals surface area (Å²) in [4.78, 5) is 27.0. The van der Waals surface area contributed by atoms with Gasteiger partial charge in [0.15, 0.2) is 0 Å². The molecule has 0 saturated heterocycles. The van der Waals surface area contributed by atoms with Gasteiger partial charge >= 0.3 is 5.97 Å². The summed E-state index contributed by atoms with van der Waals surface area (Å²) >= 11 is 0. The van der Waals surface area contributed by atoms with Crippen molar-refractivity contribution in [3.8, 4) is 5.75 Å². The molecule has 0 radical (unpaired) electrons. The molecule has 0 amide bonds. The molecule has 3 aromatic rings. The van der Waals surface area contributed by atoms with Gasteiger partial charge in [-0.2, -0.15) is 0 Å². The minimum atomic E-state index is -0.821. The van der Waals surface area contributed by atoms with Crippen LogP contribution >= 0.6 is 0 Å². The number of aromatic nitrogens is 1. The van der Waals surface area contributed by atoms with Crippen LogP contribution in [0.1, 0.15) is 23.5 Å². The van der Waals surface area contributed by atoms with Crippen LogP contribution in [0.5, 0.6) is 5.75 Å². The normalized spacial score (nSPS) is 11.9. The Labute approximate surface area is 145 Å². The number of aromatic amines is 1. The number of H-pyrrole nitrogens is 1. The van der Waals surface area contributed by atoms with Crippen molar-refractivity contribution in [2.75, 3.05) is 14.2 Å². The highest BCUT2D eigenvalue weighted by Crippen LogP contribution is 2.35. The van der Waals surface area contributed by atoms with E-state index >= 15 is 0 Å². The number of fused-ring (bicyclic) bond motifs is 1. The number of rotatable bonds is 6. The van der Waals surface area contributed by atoms with Crippen LogP contribution < -0.4 is 4.74 Å². The SMILES string of the molecule is COC(=O)C(=O)C[C@@H](c1ccccc1)c1c[nH]c2ccc(OC)cc12. The van der Waals surface area contributed by atoms with Gasteiger partial charge < -0.3 is 14.5 Å². The monoisotopic (exact) mass is 337 g/mol. The molecule has 1 N–H and O–H groups in total. The molecule has 5 heteroatoms. The average molecular weight is 337 g/mol. The van der Waals surface area contributed by atoms with Crippen LogP contribution in [0.4, 0.5) is 0 Å². The average Bonchev–Trinajstić information content (AvgIpc) is 3.08. The Morgan fingerprint density at radius 3 is 2.52 bits per heavy atom. The number of ether oxygens (including phenoxy) is 2. The highest BCUT2D eigenvalue weighted by atomic mass is 16.5. The first-order chi connectivity index (χ1) is 12.1. The fraction of sp³-hybridized carbons (Fsp3) is 0.200. The first kappa shape index (κ1) is 16.8. The molecule has 128 valence electrons. The molecule has 5 nitrogen and oxygen atoms in total. The van der Waals surface area contributed by atoms with E-state index in [4.69, 9.17) is 4.74 Å². The molecule has 1 heterocycles. The first-order valence-electron chi connectivity index (χ1n) is 7.95. The summed E-state index contributed by atoms with van der Waals surface area (Å²) in [5.74, 6) is -0.889. The lowest BCUT2D eigenvalue weighted by Gasteiger charge is -2.16. The standard InChI is InChI=1S/C20H19NO4/c1-24-14-8-9-18-16(10-14)17(12-21-18)15(11-19(22)20(23)25-2)13-6-4-3-5-7-13/h3-10,12,15,21H,11H2,1-2H3/t15-/m0/s1. The number of Topliss-reactive ketones (excluding diaryl/α,β-unsaturated/α-hetero) is 1. The molecular weight excluding hydrogens is 318 g/mol. The third kappa shape index (κ3) is 3.40. The molecule has 2 aromatic carbocycles. The molecule has 25 heavy (non-hydrogen) atoms. The van der Waals surface area contributed by atoms with E-state index in [1.54, 1.807) is 7.11 Å². The van der Waals surface area contributed by atoms with Crippen LogP contribution in [0.2, 0.25) is 0 Å². The van der Waals surface area contributed by atoms with Crippen LogP contribution in [0, 0.1) is 0 Å². The summed E-state index contributed by atoms with van der Waals surface area (Å²) < 4.78 is 9.89. The summed E-state index contributed by atoms with van der Waals surface area (Å²) in [6.07, 6.45) is 1.92. The van der Waals surface area contributed by atoms with Crippen LogP contribution in [0.25, 0.3) is 10.9 Å². The molecule has 0 saturated carbocycles. The van der Waals surface area contributed by atoms with Crippen molar-refractivity contribution in [3.05, 3.63) is 65.9 Å². The van der Waals surface area contributed by atoms with Gasteiger partial charge in [0.2, 0.25) is 5.78 Å². The van der Waals surface area contributed by atoms with Crippen molar-refractivity contribution in [1.29, 1.82) is 0 Å². The van der Waals surface area contributed by atoms with Crippen molar-refractivity contribution >= 4 is 22.7 Å². The topological polar surface area (TPSA) is 68.4 Å². The Morgan fingerprint density at radius 1 is 1.08 bits per heavy atom. The fourth-order valence-electron chi connectivity index (χ4n) is 3.01. The molecule has 3 rings (SSSR count). The summed E-state index contributed by atoms with van der Waals surface area (Å²) in [5, 5.41) is 0.964. The molecule has 0 aliphatic heterocycles. The van der Waals surface area contributed by atoms with Gasteiger partial charge in [-0.05, 0) is 29.3 Å². The number of hydrogen-bond acceptors (Lipinski definition) is 4. The van der Waals surface area contributed by atoms with Crippen molar-refractivity contribution in [3.63, 3.8) is 0 Å². The van der Waals surface area contributed by atoms with Crippen LogP contribution in [-0.4, -0.2) is 31.0 Å². The number of nitrogens with one attached hydrogen (secondary N) is 1. The van der Waals surface area contributed by atoms with Gasteiger partial charge in [-0.1, -0.05) is 30.3 Å². The van der Waals surface area contributed by atoms with Crippen LogP contribution in [0.15, 0.2) is 54.7 Å². The van der Waals surface area contributed by atoms with E-state index in [0.29, 0.717) is 0 Å². The van der Waals surface area contributed by atoms with Crippen molar-refractivity contribution in [2.24, 2.45) is 0 Å². The van der Waals surface area contributed by atoms with E-state index in [-0.39, 0.29) is 12.3 Å². The van der Waals surface area contributed by atoms with E-state index < -0.39 is 11.8 Å². The summed E-state index contributed by atoms with van der Waals surface area (Å²) in [6, 6.07) is 15.4. The Morgan fingerprint density at radius 2 is 1.84 bits per heavy atom. The molecule has 0 unspecified atom stereocenters. The molecule has 0 spiro atoms. The highest BCUT2D eigenvalue weighted by Gasteiger charge is 2.25. The predicted octanol–water partition coefficient (Wildman–Crippen LogP) is 3.44. The third-order valence-corrected chi connectivity index (χ3v) is 4.30. The highest BCUT2D eigenvalue weighted by molar-refractivity contribution is 6.33. The lowest BCUT2D eigenvalue weighted by molar-refractivity contribution is -0.151. The molecule has 0 fully saturated rings. The zero-order valence-electron chi connectivity index (χ0n) is 14.1. The summed E-state index contributed by atoms with van der Waals surface area (Å²) in [7, 11) is 2.83. The van der Waals surface area contributed by atoms with Crippen molar-refractivity contribution < 1.29 is 19.1 Å². The summed E-state index contributed by atoms with van der Waals surface area (Å²) in [5.41, 5.74) is 2.85. The molecule has 1 aromatic heterocycles. The number of methoxy groups -OCH3 is 2. The second-order valence-electron chi connectivity index (χ2n) is 5.74. The summed E-state index contributed by atoms with van der Waals surface area (Å²) in [6.45, 7) is 0. The Bertz CT molecular complexity index is 898. The van der Waals surface area contributed by atoms with Gasteiger partial charge in [0.1, 0.15) is 5.75 Å². The quantitative estimate of drug-likeness (QED) is 0.553. The number of carbonyl (C=O) groups is 2. The number of hydrogen-bond donors (Lipinski definition) is 1. The predicted molar refractivity (Wildman–Crippen MR) is 94.8 cm³/mol.